The molecule has 1 aliphatic rings. The van der Waals surface area contributed by atoms with Gasteiger partial charge < -0.3 is 4.57 Å². The van der Waals surface area contributed by atoms with Gasteiger partial charge >= 0.3 is 0 Å². The lowest BCUT2D eigenvalue weighted by atomic mass is 9.77. The molecular weight excluding hydrogens is 436 g/mol. The molecule has 2 aromatic heterocycles. The smallest absolute Gasteiger partial charge is 0.164 e. The van der Waals surface area contributed by atoms with Crippen molar-refractivity contribution in [3.63, 3.8) is 0 Å². The van der Waals surface area contributed by atoms with Crippen LogP contribution in [0.25, 0.3) is 22.4 Å². The number of carbonyl (C=O) groups excluding carboxylic acids is 2. The molecule has 4 aromatic rings. The Hall–Kier alpha value is -3.67. The molecule has 0 radical (unpaired) electrons. The number of aryl methyl sites for hydroxylation is 1. The minimum absolute atomic E-state index is 0.0538. The normalized spacial score (nSPS) is 14.3. The van der Waals surface area contributed by atoms with Gasteiger partial charge in [0, 0.05) is 5.56 Å². The standard InChI is InChI=1S/C29H30N4O2/c1-4-5-11-22-12-23-14-29(19(2)34,20(3)35)15-24(23)13-25(22)26-27-28(31-17-30-26)33(18-32-27)16-21-9-7-6-8-10-21/h6-10,12-13,17-18H,4-5,11,14-16H2,1-3H3. The molecule has 5 rings (SSSR count). The number of nitrogens with zero attached hydrogens (tertiary/aromatic N) is 4. The van der Waals surface area contributed by atoms with Gasteiger partial charge in [-0.2, -0.15) is 0 Å². The maximum absolute atomic E-state index is 12.6. The van der Waals surface area contributed by atoms with Gasteiger partial charge in [-0.3, -0.25) is 9.59 Å². The number of rotatable bonds is 8. The number of hydrogen-bond donors (Lipinski definition) is 0. The average molecular weight is 467 g/mol. The van der Waals surface area contributed by atoms with Gasteiger partial charge in [-0.15, -0.1) is 0 Å². The zero-order chi connectivity index (χ0) is 24.6. The number of fused-ring (bicyclic) bond motifs is 2. The van der Waals surface area contributed by atoms with Gasteiger partial charge in [0.2, 0.25) is 0 Å². The van der Waals surface area contributed by atoms with Gasteiger partial charge in [0.05, 0.1) is 18.3 Å². The van der Waals surface area contributed by atoms with Crippen molar-refractivity contribution in [3.05, 3.63) is 77.4 Å². The van der Waals surface area contributed by atoms with Crippen LogP contribution in [0.4, 0.5) is 0 Å². The van der Waals surface area contributed by atoms with E-state index in [4.69, 9.17) is 4.98 Å². The van der Waals surface area contributed by atoms with Crippen LogP contribution >= 0.6 is 0 Å². The molecule has 0 aliphatic heterocycles. The van der Waals surface area contributed by atoms with Crippen molar-refractivity contribution in [2.45, 2.75) is 59.4 Å². The third-order valence-electron chi connectivity index (χ3n) is 7.41. The summed E-state index contributed by atoms with van der Waals surface area (Å²) in [5.41, 5.74) is 6.97. The van der Waals surface area contributed by atoms with Crippen molar-refractivity contribution in [3.8, 4) is 11.3 Å². The first-order valence-electron chi connectivity index (χ1n) is 12.3. The van der Waals surface area contributed by atoms with Gasteiger partial charge in [-0.25, -0.2) is 15.0 Å². The molecule has 6 nitrogen and oxygen atoms in total. The van der Waals surface area contributed by atoms with Crippen molar-refractivity contribution < 1.29 is 9.59 Å². The number of unbranched alkanes of at least 4 members (excludes halogenated alkanes) is 1. The molecule has 35 heavy (non-hydrogen) atoms. The third-order valence-corrected chi connectivity index (χ3v) is 7.41. The summed E-state index contributed by atoms with van der Waals surface area (Å²) in [5, 5.41) is 0. The second-order valence-corrected chi connectivity index (χ2v) is 9.68. The van der Waals surface area contributed by atoms with Gasteiger partial charge in [0.25, 0.3) is 0 Å². The fourth-order valence-corrected chi connectivity index (χ4v) is 5.30. The Morgan fingerprint density at radius 1 is 0.971 bits per heavy atom. The molecule has 2 aromatic carbocycles. The second kappa shape index (κ2) is 9.17. The predicted molar refractivity (Wildman–Crippen MR) is 136 cm³/mol. The first-order valence-corrected chi connectivity index (χ1v) is 12.3. The molecule has 0 N–H and O–H groups in total. The maximum Gasteiger partial charge on any atom is 0.164 e. The topological polar surface area (TPSA) is 77.7 Å². The molecule has 0 bridgehead atoms. The van der Waals surface area contributed by atoms with Crippen LogP contribution in [0, 0.1) is 5.41 Å². The molecule has 178 valence electrons. The zero-order valence-corrected chi connectivity index (χ0v) is 20.5. The Bertz CT molecular complexity index is 1410. The van der Waals surface area contributed by atoms with E-state index in [2.05, 4.69) is 41.2 Å². The highest BCUT2D eigenvalue weighted by atomic mass is 16.2. The minimum Gasteiger partial charge on any atom is -0.311 e. The summed E-state index contributed by atoms with van der Waals surface area (Å²) in [7, 11) is 0. The van der Waals surface area contributed by atoms with Crippen molar-refractivity contribution in [1.29, 1.82) is 0 Å². The van der Waals surface area contributed by atoms with Gasteiger partial charge in [-0.1, -0.05) is 49.7 Å². The molecule has 0 saturated heterocycles. The third kappa shape index (κ3) is 4.07. The minimum atomic E-state index is -0.943. The highest BCUT2D eigenvalue weighted by Crippen LogP contribution is 2.42. The molecule has 0 spiro atoms. The Labute approximate surface area is 205 Å². The van der Waals surface area contributed by atoms with Crippen LogP contribution in [-0.2, 0) is 35.4 Å². The van der Waals surface area contributed by atoms with E-state index in [1.54, 1.807) is 20.2 Å². The molecule has 2 heterocycles. The van der Waals surface area contributed by atoms with Crippen LogP contribution in [0.5, 0.6) is 0 Å². The zero-order valence-electron chi connectivity index (χ0n) is 20.5. The first kappa shape index (κ1) is 23.1. The lowest BCUT2D eigenvalue weighted by Crippen LogP contribution is -2.37. The fraction of sp³-hybridized carbons (Fsp3) is 0.345. The van der Waals surface area contributed by atoms with Gasteiger partial charge in [0.1, 0.15) is 29.1 Å². The highest BCUT2D eigenvalue weighted by Gasteiger charge is 2.45. The van der Waals surface area contributed by atoms with Gasteiger partial charge in [0.15, 0.2) is 5.65 Å². The number of Topliss-reactive ketones (excluding diaryl/α,β-unsaturated/α-hetero) is 2. The summed E-state index contributed by atoms with van der Waals surface area (Å²) in [5.74, 6) is -0.108. The quantitative estimate of drug-likeness (QED) is 0.336. The molecule has 0 atom stereocenters. The second-order valence-electron chi connectivity index (χ2n) is 9.68. The van der Waals surface area contributed by atoms with Crippen LogP contribution < -0.4 is 0 Å². The number of imidazole rings is 1. The summed E-state index contributed by atoms with van der Waals surface area (Å²) >= 11 is 0. The van der Waals surface area contributed by atoms with Crippen molar-refractivity contribution in [2.24, 2.45) is 5.41 Å². The summed E-state index contributed by atoms with van der Waals surface area (Å²) in [6.45, 7) is 5.94. The summed E-state index contributed by atoms with van der Waals surface area (Å²) in [4.78, 5) is 39.1. The molecule has 0 saturated carbocycles. The van der Waals surface area contributed by atoms with E-state index < -0.39 is 5.41 Å². The number of ketones is 2. The fourth-order valence-electron chi connectivity index (χ4n) is 5.30. The molecule has 0 unspecified atom stereocenters. The van der Waals surface area contributed by atoms with Gasteiger partial charge in [-0.05, 0) is 67.9 Å². The summed E-state index contributed by atoms with van der Waals surface area (Å²) in [6, 6.07) is 14.6. The molecule has 0 fully saturated rings. The average Bonchev–Trinajstić information content (AvgIpc) is 3.45. The molecule has 1 aliphatic carbocycles. The van der Waals surface area contributed by atoms with E-state index >= 15 is 0 Å². The van der Waals surface area contributed by atoms with Crippen molar-refractivity contribution in [1.82, 2.24) is 19.5 Å². The van der Waals surface area contributed by atoms with E-state index in [1.807, 2.05) is 29.1 Å². The Morgan fingerprint density at radius 2 is 1.69 bits per heavy atom. The Morgan fingerprint density at radius 3 is 2.37 bits per heavy atom. The van der Waals surface area contributed by atoms with E-state index in [1.165, 1.54) is 11.1 Å². The SMILES string of the molecule is CCCCc1cc2c(cc1-c1ncnc3c1ncn3Cc1ccccc1)CC(C(C)=O)(C(C)=O)C2. The van der Waals surface area contributed by atoms with Crippen LogP contribution in [0.15, 0.2) is 55.1 Å². The van der Waals surface area contributed by atoms with Crippen LogP contribution in [0.2, 0.25) is 0 Å². The lowest BCUT2D eigenvalue weighted by molar-refractivity contribution is -0.137. The number of carbonyl (C=O) groups is 2. The lowest BCUT2D eigenvalue weighted by Gasteiger charge is -2.21. The monoisotopic (exact) mass is 466 g/mol. The maximum atomic E-state index is 12.6. The van der Waals surface area contributed by atoms with E-state index in [9.17, 15) is 9.59 Å². The highest BCUT2D eigenvalue weighted by molar-refractivity contribution is 6.06. The Balaban J connectivity index is 1.61. The number of hydrogen-bond acceptors (Lipinski definition) is 5. The summed E-state index contributed by atoms with van der Waals surface area (Å²) < 4.78 is 2.05. The first-order chi connectivity index (χ1) is 16.9. The van der Waals surface area contributed by atoms with Crippen molar-refractivity contribution in [2.75, 3.05) is 0 Å². The molecule has 6 heteroatoms. The van der Waals surface area contributed by atoms with Crippen LogP contribution in [0.1, 0.15) is 55.9 Å². The summed E-state index contributed by atoms with van der Waals surface area (Å²) in [6.07, 6.45) is 7.39. The number of benzene rings is 2. The van der Waals surface area contributed by atoms with E-state index in [0.717, 1.165) is 52.8 Å². The van der Waals surface area contributed by atoms with E-state index in [0.29, 0.717) is 19.4 Å². The van der Waals surface area contributed by atoms with Crippen LogP contribution in [-0.4, -0.2) is 31.1 Å². The van der Waals surface area contributed by atoms with Crippen molar-refractivity contribution >= 4 is 22.7 Å². The number of aromatic nitrogens is 4. The van der Waals surface area contributed by atoms with E-state index in [-0.39, 0.29) is 11.6 Å². The predicted octanol–water partition coefficient (Wildman–Crippen LogP) is 5.15. The molecule has 0 amide bonds. The van der Waals surface area contributed by atoms with Crippen LogP contribution in [0.3, 0.4) is 0 Å². The largest absolute Gasteiger partial charge is 0.311 e. The Kier molecular flexibility index (Phi) is 6.05. The molecular formula is C29H30N4O2.